The number of benzene rings is 1. The fourth-order valence-electron chi connectivity index (χ4n) is 3.25. The monoisotopic (exact) mass is 441 g/mol. The number of hydrogen-bond donors (Lipinski definition) is 1. The van der Waals surface area contributed by atoms with Crippen LogP contribution in [-0.4, -0.2) is 36.7 Å². The van der Waals surface area contributed by atoms with E-state index in [-0.39, 0.29) is 45.9 Å². The van der Waals surface area contributed by atoms with Gasteiger partial charge in [0, 0.05) is 25.2 Å². The van der Waals surface area contributed by atoms with Crippen LogP contribution in [0.25, 0.3) is 0 Å². The van der Waals surface area contributed by atoms with Crippen molar-refractivity contribution in [3.05, 3.63) is 58.3 Å². The molecule has 0 bridgehead atoms. The van der Waals surface area contributed by atoms with Crippen LogP contribution in [0, 0.1) is 5.92 Å². The number of carbonyl (C=O) groups excluding carboxylic acids is 1. The number of pyridine rings is 1. The molecule has 1 aromatic heterocycles. The molecule has 0 aliphatic carbocycles. The minimum Gasteiger partial charge on any atom is -0.348 e. The number of sulfonamides is 1. The van der Waals surface area contributed by atoms with Gasteiger partial charge in [-0.25, -0.2) is 8.42 Å². The smallest absolute Gasteiger partial charge is 0.246 e. The Morgan fingerprint density at radius 2 is 1.79 bits per heavy atom. The lowest BCUT2D eigenvalue weighted by atomic mass is 9.97. The molecule has 0 unspecified atom stereocenters. The standard InChI is InChI=1S/C19H21Cl2N3O3S/c1-13(17-7-2-3-10-22-17)23-19(25)14-8-11-24(12-9-14)28(26,27)18-15(20)5-4-6-16(18)21/h2-7,10,13-14H,8-9,11-12H2,1H3,(H,23,25)/t13-/m1/s1. The van der Waals surface area contributed by atoms with Crippen molar-refractivity contribution in [1.82, 2.24) is 14.6 Å². The molecular formula is C19H21Cl2N3O3S. The molecule has 0 radical (unpaired) electrons. The molecular weight excluding hydrogens is 421 g/mol. The van der Waals surface area contributed by atoms with Crippen LogP contribution in [-0.2, 0) is 14.8 Å². The van der Waals surface area contributed by atoms with Crippen LogP contribution in [0.3, 0.4) is 0 Å². The second-order valence-corrected chi connectivity index (χ2v) is 9.40. The van der Waals surface area contributed by atoms with Crippen molar-refractivity contribution >= 4 is 39.1 Å². The maximum Gasteiger partial charge on any atom is 0.246 e. The topological polar surface area (TPSA) is 79.4 Å². The molecule has 3 rings (SSSR count). The van der Waals surface area contributed by atoms with Crippen molar-refractivity contribution in [2.45, 2.75) is 30.7 Å². The molecule has 1 fully saturated rings. The highest BCUT2D eigenvalue weighted by Crippen LogP contribution is 2.33. The van der Waals surface area contributed by atoms with E-state index in [1.54, 1.807) is 12.3 Å². The summed E-state index contributed by atoms with van der Waals surface area (Å²) in [4.78, 5) is 16.7. The van der Waals surface area contributed by atoms with Crippen LogP contribution in [0.5, 0.6) is 0 Å². The number of halogens is 2. The number of nitrogens with zero attached hydrogens (tertiary/aromatic N) is 2. The van der Waals surface area contributed by atoms with E-state index in [1.807, 2.05) is 25.1 Å². The first-order chi connectivity index (χ1) is 13.3. The van der Waals surface area contributed by atoms with Gasteiger partial charge in [-0.1, -0.05) is 35.3 Å². The molecule has 1 aromatic carbocycles. The number of hydrogen-bond acceptors (Lipinski definition) is 4. The van der Waals surface area contributed by atoms with Crippen molar-refractivity contribution in [2.24, 2.45) is 5.92 Å². The molecule has 1 aliphatic heterocycles. The van der Waals surface area contributed by atoms with Gasteiger partial charge in [-0.05, 0) is 44.0 Å². The molecule has 1 atom stereocenters. The van der Waals surface area contributed by atoms with Crippen molar-refractivity contribution in [2.75, 3.05) is 13.1 Å². The van der Waals surface area contributed by atoms with Gasteiger partial charge in [-0.3, -0.25) is 9.78 Å². The van der Waals surface area contributed by atoms with Gasteiger partial charge in [0.1, 0.15) is 4.90 Å². The molecule has 2 heterocycles. The third-order valence-corrected chi connectivity index (χ3v) is 7.69. The lowest BCUT2D eigenvalue weighted by Gasteiger charge is -2.31. The van der Waals surface area contributed by atoms with E-state index in [1.165, 1.54) is 16.4 Å². The molecule has 9 heteroatoms. The average molecular weight is 442 g/mol. The molecule has 1 N–H and O–H groups in total. The molecule has 2 aromatic rings. The second kappa shape index (κ2) is 8.78. The summed E-state index contributed by atoms with van der Waals surface area (Å²) in [6, 6.07) is 9.93. The molecule has 1 aliphatic rings. The van der Waals surface area contributed by atoms with E-state index in [0.29, 0.717) is 12.8 Å². The van der Waals surface area contributed by atoms with Gasteiger partial charge >= 0.3 is 0 Å². The molecule has 1 amide bonds. The zero-order chi connectivity index (χ0) is 20.3. The summed E-state index contributed by atoms with van der Waals surface area (Å²) >= 11 is 12.1. The second-order valence-electron chi connectivity index (χ2n) is 6.71. The predicted molar refractivity (Wildman–Crippen MR) is 109 cm³/mol. The minimum absolute atomic E-state index is 0.0787. The van der Waals surface area contributed by atoms with Crippen LogP contribution in [0.2, 0.25) is 10.0 Å². The van der Waals surface area contributed by atoms with E-state index in [2.05, 4.69) is 10.3 Å². The summed E-state index contributed by atoms with van der Waals surface area (Å²) in [6.45, 7) is 2.35. The average Bonchev–Trinajstić information content (AvgIpc) is 2.68. The van der Waals surface area contributed by atoms with Gasteiger partial charge in [-0.2, -0.15) is 4.31 Å². The zero-order valence-electron chi connectivity index (χ0n) is 15.3. The Balaban J connectivity index is 1.63. The van der Waals surface area contributed by atoms with E-state index < -0.39 is 10.0 Å². The summed E-state index contributed by atoms with van der Waals surface area (Å²) in [5.74, 6) is -0.342. The van der Waals surface area contributed by atoms with Crippen LogP contribution < -0.4 is 5.32 Å². The van der Waals surface area contributed by atoms with E-state index in [0.717, 1.165) is 5.69 Å². The highest BCUT2D eigenvalue weighted by atomic mass is 35.5. The third-order valence-electron chi connectivity index (χ3n) is 4.83. The first kappa shape index (κ1) is 21.0. The molecule has 28 heavy (non-hydrogen) atoms. The maximum atomic E-state index is 12.9. The van der Waals surface area contributed by atoms with Crippen molar-refractivity contribution in [3.8, 4) is 0 Å². The molecule has 6 nitrogen and oxygen atoms in total. The number of amides is 1. The first-order valence-corrected chi connectivity index (χ1v) is 11.2. The van der Waals surface area contributed by atoms with Crippen LogP contribution >= 0.6 is 23.2 Å². The largest absolute Gasteiger partial charge is 0.348 e. The Morgan fingerprint density at radius 1 is 1.14 bits per heavy atom. The van der Waals surface area contributed by atoms with Crippen LogP contribution in [0.4, 0.5) is 0 Å². The Kier molecular flexibility index (Phi) is 6.60. The van der Waals surface area contributed by atoms with Gasteiger partial charge in [0.25, 0.3) is 0 Å². The van der Waals surface area contributed by atoms with Gasteiger partial charge in [-0.15, -0.1) is 0 Å². The number of rotatable bonds is 5. The summed E-state index contributed by atoms with van der Waals surface area (Å²) in [7, 11) is -3.81. The molecule has 1 saturated heterocycles. The van der Waals surface area contributed by atoms with Crippen molar-refractivity contribution in [3.63, 3.8) is 0 Å². The molecule has 150 valence electrons. The summed E-state index contributed by atoms with van der Waals surface area (Å²) < 4.78 is 27.2. The van der Waals surface area contributed by atoms with E-state index in [4.69, 9.17) is 23.2 Å². The number of nitrogens with one attached hydrogen (secondary N) is 1. The summed E-state index contributed by atoms with van der Waals surface area (Å²) in [6.07, 6.45) is 2.55. The normalized spacial score (nSPS) is 17.2. The number of aromatic nitrogens is 1. The first-order valence-electron chi connectivity index (χ1n) is 8.96. The van der Waals surface area contributed by atoms with Crippen LogP contribution in [0.15, 0.2) is 47.5 Å². The van der Waals surface area contributed by atoms with Gasteiger partial charge in [0.2, 0.25) is 15.9 Å². The quantitative estimate of drug-likeness (QED) is 0.767. The third kappa shape index (κ3) is 4.49. The van der Waals surface area contributed by atoms with Gasteiger partial charge < -0.3 is 5.32 Å². The SMILES string of the molecule is C[C@@H](NC(=O)C1CCN(S(=O)(=O)c2c(Cl)cccc2Cl)CC1)c1ccccn1. The lowest BCUT2D eigenvalue weighted by molar-refractivity contribution is -0.126. The molecule has 0 saturated carbocycles. The van der Waals surface area contributed by atoms with Crippen molar-refractivity contribution in [1.29, 1.82) is 0 Å². The van der Waals surface area contributed by atoms with Crippen molar-refractivity contribution < 1.29 is 13.2 Å². The lowest BCUT2D eigenvalue weighted by Crippen LogP contribution is -2.43. The fourth-order valence-corrected chi connectivity index (χ4v) is 5.81. The van der Waals surface area contributed by atoms with E-state index >= 15 is 0 Å². The summed E-state index contributed by atoms with van der Waals surface area (Å²) in [5, 5.41) is 3.15. The Labute approximate surface area is 174 Å². The highest BCUT2D eigenvalue weighted by Gasteiger charge is 2.34. The predicted octanol–water partition coefficient (Wildman–Crippen LogP) is 3.67. The zero-order valence-corrected chi connectivity index (χ0v) is 17.6. The van der Waals surface area contributed by atoms with Gasteiger partial charge in [0.15, 0.2) is 0 Å². The van der Waals surface area contributed by atoms with E-state index in [9.17, 15) is 13.2 Å². The summed E-state index contributed by atoms with van der Waals surface area (Å²) in [5.41, 5.74) is 0.782. The van der Waals surface area contributed by atoms with Gasteiger partial charge in [0.05, 0.1) is 21.8 Å². The maximum absolute atomic E-state index is 12.9. The number of carbonyl (C=O) groups is 1. The Bertz CT molecular complexity index is 926. The Hall–Kier alpha value is -1.67. The fraction of sp³-hybridized carbons (Fsp3) is 0.368. The van der Waals surface area contributed by atoms with Crippen LogP contribution in [0.1, 0.15) is 31.5 Å². The Morgan fingerprint density at radius 3 is 2.36 bits per heavy atom. The molecule has 0 spiro atoms. The minimum atomic E-state index is -3.81. The number of piperidine rings is 1. The highest BCUT2D eigenvalue weighted by molar-refractivity contribution is 7.89.